The van der Waals surface area contributed by atoms with Crippen LogP contribution in [0.1, 0.15) is 58.3 Å². The number of hydrogen-bond acceptors (Lipinski definition) is 3. The van der Waals surface area contributed by atoms with E-state index in [-0.39, 0.29) is 11.7 Å². The van der Waals surface area contributed by atoms with Gasteiger partial charge in [-0.15, -0.1) is 0 Å². The number of hydrogen-bond donors (Lipinski definition) is 3. The maximum Gasteiger partial charge on any atom is 0.327 e. The summed E-state index contributed by atoms with van der Waals surface area (Å²) in [6.45, 7) is 2.14. The minimum Gasteiger partial charge on any atom is -0.480 e. The minimum atomic E-state index is -1.05. The van der Waals surface area contributed by atoms with Crippen molar-refractivity contribution in [2.75, 3.05) is 5.75 Å². The number of rotatable bonds is 16. The normalized spacial score (nSPS) is 13.5. The third kappa shape index (κ3) is 17.4. The Balaban J connectivity index is 3.66. The van der Waals surface area contributed by atoms with Crippen LogP contribution in [-0.4, -0.2) is 28.8 Å². The predicted molar refractivity (Wildman–Crippen MR) is 122 cm³/mol. The third-order valence-electron chi connectivity index (χ3n) is 3.75. The Hall–Kier alpha value is -2.01. The highest BCUT2D eigenvalue weighted by atomic mass is 32.1. The largest absolute Gasteiger partial charge is 0.480 e. The van der Waals surface area contributed by atoms with Crippen LogP contribution in [0.3, 0.4) is 0 Å². The fourth-order valence-electron chi connectivity index (χ4n) is 2.20. The maximum absolute atomic E-state index is 11.6. The van der Waals surface area contributed by atoms with Gasteiger partial charge in [-0.05, 0) is 44.9 Å². The van der Waals surface area contributed by atoms with E-state index in [2.05, 4.69) is 85.6 Å². The van der Waals surface area contributed by atoms with Crippen molar-refractivity contribution in [1.29, 1.82) is 0 Å². The van der Waals surface area contributed by atoms with E-state index in [1.165, 1.54) is 0 Å². The summed E-state index contributed by atoms with van der Waals surface area (Å²) in [5.41, 5.74) is 0. The lowest BCUT2D eigenvalue weighted by Gasteiger charge is -2.11. The van der Waals surface area contributed by atoms with Crippen LogP contribution in [0.4, 0.5) is 0 Å². The van der Waals surface area contributed by atoms with Gasteiger partial charge in [0.25, 0.3) is 0 Å². The molecule has 5 heteroatoms. The van der Waals surface area contributed by atoms with Crippen molar-refractivity contribution in [2.24, 2.45) is 0 Å². The molecule has 0 heterocycles. The molecule has 0 rings (SSSR count). The Morgan fingerprint density at radius 1 is 0.857 bits per heavy atom. The van der Waals surface area contributed by atoms with E-state index in [9.17, 15) is 9.59 Å². The first-order valence-corrected chi connectivity index (χ1v) is 10.6. The first kappa shape index (κ1) is 26.0. The van der Waals surface area contributed by atoms with Gasteiger partial charge in [-0.25, -0.2) is 4.79 Å². The third-order valence-corrected chi connectivity index (χ3v) is 4.11. The summed E-state index contributed by atoms with van der Waals surface area (Å²) >= 11 is 3.91. The van der Waals surface area contributed by atoms with E-state index in [1.807, 2.05) is 0 Å². The number of aliphatic carboxylic acids is 1. The smallest absolute Gasteiger partial charge is 0.327 e. The highest BCUT2D eigenvalue weighted by Crippen LogP contribution is 2.00. The Labute approximate surface area is 175 Å². The summed E-state index contributed by atoms with van der Waals surface area (Å²) in [5, 5.41) is 11.3. The van der Waals surface area contributed by atoms with E-state index in [0.717, 1.165) is 38.5 Å². The molecule has 0 saturated carbocycles. The molecule has 0 aromatic heterocycles. The zero-order valence-corrected chi connectivity index (χ0v) is 17.8. The molecule has 4 nitrogen and oxygen atoms in total. The zero-order valence-electron chi connectivity index (χ0n) is 16.9. The number of carboxylic acids is 1. The maximum atomic E-state index is 11.6. The molecule has 0 fully saturated rings. The van der Waals surface area contributed by atoms with Crippen molar-refractivity contribution in [3.05, 3.63) is 60.8 Å². The van der Waals surface area contributed by atoms with E-state index >= 15 is 0 Å². The van der Waals surface area contributed by atoms with Crippen molar-refractivity contribution in [1.82, 2.24) is 5.32 Å². The predicted octanol–water partition coefficient (Wildman–Crippen LogP) is 5.41. The second kappa shape index (κ2) is 19.7. The van der Waals surface area contributed by atoms with Crippen LogP contribution in [0.15, 0.2) is 60.8 Å². The molecule has 0 saturated heterocycles. The second-order valence-electron chi connectivity index (χ2n) is 6.24. The molecule has 1 atom stereocenters. The van der Waals surface area contributed by atoms with Crippen LogP contribution in [0.5, 0.6) is 0 Å². The van der Waals surface area contributed by atoms with E-state index in [0.29, 0.717) is 12.8 Å². The molecule has 1 amide bonds. The van der Waals surface area contributed by atoms with E-state index in [4.69, 9.17) is 5.11 Å². The molecule has 0 radical (unpaired) electrons. The van der Waals surface area contributed by atoms with Crippen molar-refractivity contribution < 1.29 is 14.7 Å². The monoisotopic (exact) mass is 405 g/mol. The summed E-state index contributed by atoms with van der Waals surface area (Å²) in [6, 6.07) is -0.912. The number of carbonyl (C=O) groups excluding carboxylic acids is 1. The number of unbranched alkanes of at least 4 members (excludes halogenated alkanes) is 1. The van der Waals surface area contributed by atoms with Crippen LogP contribution in [0.2, 0.25) is 0 Å². The Bertz CT molecular complexity index is 562. The summed E-state index contributed by atoms with van der Waals surface area (Å²) in [5.74, 6) is -1.20. The van der Waals surface area contributed by atoms with Crippen molar-refractivity contribution in [2.45, 2.75) is 64.3 Å². The topological polar surface area (TPSA) is 66.4 Å². The highest BCUT2D eigenvalue weighted by Gasteiger charge is 2.17. The number of nitrogens with one attached hydrogen (secondary N) is 1. The lowest BCUT2D eigenvalue weighted by atomic mass is 10.2. The molecule has 0 spiro atoms. The van der Waals surface area contributed by atoms with Gasteiger partial charge in [-0.3, -0.25) is 4.79 Å². The molecule has 28 heavy (non-hydrogen) atoms. The van der Waals surface area contributed by atoms with Gasteiger partial charge >= 0.3 is 5.97 Å². The molecule has 156 valence electrons. The van der Waals surface area contributed by atoms with Crippen molar-refractivity contribution in [3.63, 3.8) is 0 Å². The van der Waals surface area contributed by atoms with Gasteiger partial charge in [0.15, 0.2) is 0 Å². The number of carbonyl (C=O) groups is 2. The Morgan fingerprint density at radius 2 is 1.32 bits per heavy atom. The fourth-order valence-corrected chi connectivity index (χ4v) is 2.45. The van der Waals surface area contributed by atoms with E-state index in [1.54, 1.807) is 0 Å². The van der Waals surface area contributed by atoms with Crippen LogP contribution in [0.25, 0.3) is 0 Å². The number of thiol groups is 1. The number of allylic oxidation sites excluding steroid dienone is 10. The number of carboxylic acid groups (broad SMARTS) is 1. The molecule has 0 aliphatic carbocycles. The fraction of sp³-hybridized carbons (Fsp3) is 0.478. The standard InChI is InChI=1S/C23H35NO3S/c1-2-3-4-5-6-7-8-9-10-11-12-13-14-15-16-17-18-19-22(25)24-21(20-28)23(26)27/h3-4,6-7,9-10,12-13,15-16,21,28H,2,5,8,11,14,17-20H2,1H3,(H,24,25)(H,26,27)/b4-3-,7-6-,10-9-,13-12-,16-15-/t21-/m1/s1. The van der Waals surface area contributed by atoms with Gasteiger partial charge in [0.2, 0.25) is 5.91 Å². The van der Waals surface area contributed by atoms with Crippen LogP contribution in [0, 0.1) is 0 Å². The van der Waals surface area contributed by atoms with Crippen LogP contribution >= 0.6 is 12.6 Å². The SMILES string of the molecule is CC/C=C\C/C=C\C/C=C\C/C=C\C/C=C\CCCC(=O)N[C@H](CS)C(=O)O. The van der Waals surface area contributed by atoms with Gasteiger partial charge in [0.05, 0.1) is 0 Å². The molecular weight excluding hydrogens is 370 g/mol. The number of amides is 1. The molecule has 0 aliphatic heterocycles. The average molecular weight is 406 g/mol. The van der Waals surface area contributed by atoms with Crippen molar-refractivity contribution >= 4 is 24.5 Å². The van der Waals surface area contributed by atoms with Crippen LogP contribution < -0.4 is 5.32 Å². The molecule has 0 bridgehead atoms. The van der Waals surface area contributed by atoms with Crippen LogP contribution in [-0.2, 0) is 9.59 Å². The quantitative estimate of drug-likeness (QED) is 0.183. The first-order chi connectivity index (χ1) is 13.6. The minimum absolute atomic E-state index is 0.0931. The summed E-state index contributed by atoms with van der Waals surface area (Å²) < 4.78 is 0. The molecule has 0 unspecified atom stereocenters. The lowest BCUT2D eigenvalue weighted by Crippen LogP contribution is -2.41. The van der Waals surface area contributed by atoms with Gasteiger partial charge in [0.1, 0.15) is 6.04 Å². The van der Waals surface area contributed by atoms with Crippen molar-refractivity contribution in [3.8, 4) is 0 Å². The van der Waals surface area contributed by atoms with Gasteiger partial charge in [-0.1, -0.05) is 67.7 Å². The lowest BCUT2D eigenvalue weighted by molar-refractivity contribution is -0.141. The summed E-state index contributed by atoms with van der Waals surface area (Å²) in [6.07, 6.45) is 28.2. The molecule has 2 N–H and O–H groups in total. The zero-order chi connectivity index (χ0) is 20.9. The molecular formula is C23H35NO3S. The second-order valence-corrected chi connectivity index (χ2v) is 6.61. The Kier molecular flexibility index (Phi) is 18.3. The Morgan fingerprint density at radius 3 is 1.75 bits per heavy atom. The summed E-state index contributed by atoms with van der Waals surface area (Å²) in [7, 11) is 0. The summed E-state index contributed by atoms with van der Waals surface area (Å²) in [4.78, 5) is 22.4. The van der Waals surface area contributed by atoms with E-state index < -0.39 is 12.0 Å². The van der Waals surface area contributed by atoms with Gasteiger partial charge in [0, 0.05) is 12.2 Å². The first-order valence-electron chi connectivity index (χ1n) is 9.99. The molecule has 0 aliphatic rings. The van der Waals surface area contributed by atoms with Gasteiger partial charge < -0.3 is 10.4 Å². The molecule has 0 aromatic rings. The molecule has 0 aromatic carbocycles. The highest BCUT2D eigenvalue weighted by molar-refractivity contribution is 7.80. The average Bonchev–Trinajstić information content (AvgIpc) is 2.68. The van der Waals surface area contributed by atoms with Gasteiger partial charge in [-0.2, -0.15) is 12.6 Å².